The molecule has 0 saturated heterocycles. The van der Waals surface area contributed by atoms with Crippen LogP contribution in [-0.2, 0) is 19.1 Å². The number of carbonyl (C=O) groups excluding carboxylic acids is 2. The van der Waals surface area contributed by atoms with E-state index in [1.807, 2.05) is 6.92 Å². The molecule has 2 N–H and O–H groups in total. The van der Waals surface area contributed by atoms with Gasteiger partial charge in [0.25, 0.3) is 0 Å². The van der Waals surface area contributed by atoms with Crippen LogP contribution in [0, 0.1) is 5.92 Å². The zero-order chi connectivity index (χ0) is 23.4. The van der Waals surface area contributed by atoms with Crippen LogP contribution in [-0.4, -0.2) is 34.2 Å². The van der Waals surface area contributed by atoms with Crippen molar-refractivity contribution >= 4 is 17.7 Å². The topological polar surface area (TPSA) is 101 Å². The second kappa shape index (κ2) is 13.8. The number of allylic oxidation sites excluding steroid dienone is 5. The summed E-state index contributed by atoms with van der Waals surface area (Å²) in [5.41, 5.74) is 3.33. The monoisotopic (exact) mass is 432 g/mol. The Labute approximate surface area is 185 Å². The predicted octanol–water partition coefficient (Wildman–Crippen LogP) is 5.04. The number of hydrogen-bond acceptors (Lipinski definition) is 5. The Bertz CT molecular complexity index is 769. The number of hydrogen-bond donors (Lipinski definition) is 2. The smallest absolute Gasteiger partial charge is 0.333 e. The van der Waals surface area contributed by atoms with Crippen LogP contribution >= 0.6 is 0 Å². The lowest BCUT2D eigenvalue weighted by atomic mass is 9.96. The molecule has 172 valence electrons. The number of cyclic esters (lactones) is 1. The summed E-state index contributed by atoms with van der Waals surface area (Å²) in [5, 5.41) is 18.4. The second-order valence-corrected chi connectivity index (χ2v) is 8.49. The van der Waals surface area contributed by atoms with Gasteiger partial charge in [-0.3, -0.25) is 4.79 Å². The van der Waals surface area contributed by atoms with Crippen molar-refractivity contribution in [1.82, 2.24) is 0 Å². The highest BCUT2D eigenvalue weighted by Gasteiger charge is 2.22. The molecular formula is C25H36O6. The molecule has 0 aromatic carbocycles. The van der Waals surface area contributed by atoms with Crippen LogP contribution < -0.4 is 0 Å². The quantitative estimate of drug-likeness (QED) is 0.227. The first kappa shape index (κ1) is 26.6. The van der Waals surface area contributed by atoms with E-state index in [0.717, 1.165) is 38.5 Å². The van der Waals surface area contributed by atoms with E-state index >= 15 is 0 Å². The molecule has 0 fully saturated rings. The summed E-state index contributed by atoms with van der Waals surface area (Å²) in [7, 11) is 0. The van der Waals surface area contributed by atoms with E-state index in [0.29, 0.717) is 18.4 Å². The van der Waals surface area contributed by atoms with Crippen molar-refractivity contribution in [2.24, 2.45) is 5.92 Å². The van der Waals surface area contributed by atoms with Gasteiger partial charge in [0.1, 0.15) is 0 Å². The van der Waals surface area contributed by atoms with Gasteiger partial charge in [-0.15, -0.1) is 0 Å². The van der Waals surface area contributed by atoms with Crippen molar-refractivity contribution < 1.29 is 29.3 Å². The SMILES string of the molecule is CC(=CCCC1=CC(=O)OC1O)CCC=C(C)CCCC(C)CC(=O)C=C(C)C(=O)O. The maximum Gasteiger partial charge on any atom is 0.333 e. The minimum absolute atomic E-state index is 0.0812. The molecule has 6 heteroatoms. The Kier molecular flexibility index (Phi) is 11.8. The summed E-state index contributed by atoms with van der Waals surface area (Å²) >= 11 is 0. The normalized spacial score (nSPS) is 18.6. The molecule has 0 radical (unpaired) electrons. The third-order valence-electron chi connectivity index (χ3n) is 5.34. The van der Waals surface area contributed by atoms with Gasteiger partial charge in [0.15, 0.2) is 5.78 Å². The lowest BCUT2D eigenvalue weighted by Gasteiger charge is -2.09. The van der Waals surface area contributed by atoms with Crippen LogP contribution in [0.2, 0.25) is 0 Å². The molecule has 2 atom stereocenters. The number of aliphatic carboxylic acids is 1. The molecule has 1 aliphatic rings. The second-order valence-electron chi connectivity index (χ2n) is 8.49. The molecule has 31 heavy (non-hydrogen) atoms. The number of ether oxygens (including phenoxy) is 1. The fourth-order valence-corrected chi connectivity index (χ4v) is 3.41. The lowest BCUT2D eigenvalue weighted by molar-refractivity contribution is -0.151. The molecule has 1 rings (SSSR count). The molecule has 1 aliphatic heterocycles. The Morgan fingerprint density at radius 2 is 1.77 bits per heavy atom. The first-order chi connectivity index (χ1) is 14.6. The molecule has 0 amide bonds. The number of rotatable bonds is 14. The summed E-state index contributed by atoms with van der Waals surface area (Å²) in [6.45, 7) is 7.67. The van der Waals surface area contributed by atoms with Crippen molar-refractivity contribution in [3.8, 4) is 0 Å². The number of aliphatic hydroxyl groups excluding tert-OH is 1. The third-order valence-corrected chi connectivity index (χ3v) is 5.34. The Balaban J connectivity index is 2.23. The first-order valence-electron chi connectivity index (χ1n) is 10.9. The molecule has 0 aliphatic carbocycles. The van der Waals surface area contributed by atoms with Crippen molar-refractivity contribution in [2.45, 2.75) is 85.4 Å². The zero-order valence-corrected chi connectivity index (χ0v) is 19.1. The van der Waals surface area contributed by atoms with Gasteiger partial charge in [0.2, 0.25) is 6.29 Å². The van der Waals surface area contributed by atoms with Crippen LogP contribution in [0.15, 0.2) is 46.6 Å². The lowest BCUT2D eigenvalue weighted by Crippen LogP contribution is -2.09. The minimum Gasteiger partial charge on any atom is -0.478 e. The fourth-order valence-electron chi connectivity index (χ4n) is 3.41. The minimum atomic E-state index is -1.09. The van der Waals surface area contributed by atoms with Gasteiger partial charge >= 0.3 is 11.9 Å². The third kappa shape index (κ3) is 11.5. The van der Waals surface area contributed by atoms with Gasteiger partial charge in [-0.2, -0.15) is 0 Å². The van der Waals surface area contributed by atoms with E-state index in [9.17, 15) is 19.5 Å². The molecule has 0 aromatic heterocycles. The van der Waals surface area contributed by atoms with Crippen LogP contribution in [0.4, 0.5) is 0 Å². The van der Waals surface area contributed by atoms with Gasteiger partial charge in [0.05, 0.1) is 0 Å². The van der Waals surface area contributed by atoms with Crippen molar-refractivity contribution in [3.05, 3.63) is 46.6 Å². The summed E-state index contributed by atoms with van der Waals surface area (Å²) in [4.78, 5) is 33.7. The van der Waals surface area contributed by atoms with Gasteiger partial charge in [0, 0.05) is 23.6 Å². The standard InChI is InChI=1S/C25H36O6/c1-17(10-6-12-19(3)14-22(26)15-20(4)24(28)29)8-5-9-18(2)11-7-13-21-16-23(27)31-25(21)30/h8,11,15-16,19,25,30H,5-7,9-10,12-14H2,1-4H3,(H,28,29). The van der Waals surface area contributed by atoms with E-state index in [2.05, 4.69) is 30.7 Å². The van der Waals surface area contributed by atoms with Crippen LogP contribution in [0.1, 0.15) is 79.1 Å². The number of aliphatic hydroxyl groups is 1. The molecule has 0 spiro atoms. The van der Waals surface area contributed by atoms with Crippen LogP contribution in [0.3, 0.4) is 0 Å². The van der Waals surface area contributed by atoms with Gasteiger partial charge < -0.3 is 14.9 Å². The maximum absolute atomic E-state index is 11.9. The Morgan fingerprint density at radius 1 is 1.13 bits per heavy atom. The average molecular weight is 433 g/mol. The molecule has 0 saturated carbocycles. The highest BCUT2D eigenvalue weighted by molar-refractivity contribution is 5.98. The number of carbonyl (C=O) groups is 3. The van der Waals surface area contributed by atoms with E-state index in [-0.39, 0.29) is 17.3 Å². The predicted molar refractivity (Wildman–Crippen MR) is 120 cm³/mol. The molecule has 2 unspecified atom stereocenters. The van der Waals surface area contributed by atoms with Crippen LogP contribution in [0.25, 0.3) is 0 Å². The highest BCUT2D eigenvalue weighted by Crippen LogP contribution is 2.20. The average Bonchev–Trinajstić information content (AvgIpc) is 2.98. The van der Waals surface area contributed by atoms with Gasteiger partial charge in [-0.1, -0.05) is 30.2 Å². The fraction of sp³-hybridized carbons (Fsp3) is 0.560. The largest absolute Gasteiger partial charge is 0.478 e. The van der Waals surface area contributed by atoms with E-state index in [1.165, 1.54) is 30.2 Å². The molecule has 0 aromatic rings. The summed E-state index contributed by atoms with van der Waals surface area (Å²) in [5.74, 6) is -1.42. The van der Waals surface area contributed by atoms with E-state index in [1.54, 1.807) is 0 Å². The Morgan fingerprint density at radius 3 is 2.39 bits per heavy atom. The molecule has 1 heterocycles. The Hall–Kier alpha value is -2.47. The van der Waals surface area contributed by atoms with E-state index in [4.69, 9.17) is 5.11 Å². The zero-order valence-electron chi connectivity index (χ0n) is 19.1. The number of carboxylic acid groups (broad SMARTS) is 1. The number of ketones is 1. The van der Waals surface area contributed by atoms with Crippen molar-refractivity contribution in [2.75, 3.05) is 0 Å². The molecule has 6 nitrogen and oxygen atoms in total. The summed E-state index contributed by atoms with van der Waals surface area (Å²) in [6.07, 6.45) is 12.5. The van der Waals surface area contributed by atoms with Crippen LogP contribution in [0.5, 0.6) is 0 Å². The molecule has 0 bridgehead atoms. The summed E-state index contributed by atoms with van der Waals surface area (Å²) in [6, 6.07) is 0. The highest BCUT2D eigenvalue weighted by atomic mass is 16.6. The van der Waals surface area contributed by atoms with Gasteiger partial charge in [-0.25, -0.2) is 9.59 Å². The first-order valence-corrected chi connectivity index (χ1v) is 10.9. The van der Waals surface area contributed by atoms with Gasteiger partial charge in [-0.05, 0) is 77.7 Å². The number of carboxylic acids is 1. The number of esters is 1. The van der Waals surface area contributed by atoms with Crippen molar-refractivity contribution in [3.63, 3.8) is 0 Å². The maximum atomic E-state index is 11.9. The van der Waals surface area contributed by atoms with Crippen molar-refractivity contribution in [1.29, 1.82) is 0 Å². The van der Waals surface area contributed by atoms with E-state index < -0.39 is 18.2 Å². The summed E-state index contributed by atoms with van der Waals surface area (Å²) < 4.78 is 4.67. The molecular weight excluding hydrogens is 396 g/mol.